The molecule has 0 aromatic heterocycles. The van der Waals surface area contributed by atoms with Crippen LogP contribution in [0.3, 0.4) is 0 Å². The van der Waals surface area contributed by atoms with Crippen LogP contribution in [0.5, 0.6) is 0 Å². The zero-order valence-corrected chi connectivity index (χ0v) is 12.4. The van der Waals surface area contributed by atoms with Gasteiger partial charge in [0.15, 0.2) is 0 Å². The highest BCUT2D eigenvalue weighted by molar-refractivity contribution is 5.79. The van der Waals surface area contributed by atoms with Crippen molar-refractivity contribution in [2.75, 3.05) is 27.2 Å². The number of esters is 1. The second kappa shape index (κ2) is 8.08. The lowest BCUT2D eigenvalue weighted by Gasteiger charge is -2.32. The van der Waals surface area contributed by atoms with Gasteiger partial charge < -0.3 is 9.64 Å². The summed E-state index contributed by atoms with van der Waals surface area (Å²) in [4.78, 5) is 26.8. The first-order chi connectivity index (χ1) is 8.29. The molecule has 0 saturated carbocycles. The van der Waals surface area contributed by atoms with Crippen LogP contribution < -0.4 is 0 Å². The minimum absolute atomic E-state index is 0.0902. The van der Waals surface area contributed by atoms with Crippen molar-refractivity contribution in [2.24, 2.45) is 0 Å². The molecule has 0 N–H and O–H groups in total. The molecule has 0 aromatic carbocycles. The van der Waals surface area contributed by atoms with Crippen LogP contribution in [0.1, 0.15) is 34.1 Å². The van der Waals surface area contributed by atoms with E-state index in [2.05, 4.69) is 4.74 Å². The molecule has 5 nitrogen and oxygen atoms in total. The summed E-state index contributed by atoms with van der Waals surface area (Å²) >= 11 is 0. The van der Waals surface area contributed by atoms with Crippen molar-refractivity contribution in [1.82, 2.24) is 9.80 Å². The lowest BCUT2D eigenvalue weighted by atomic mass is 10.2. The maximum Gasteiger partial charge on any atom is 0.306 e. The molecule has 0 heterocycles. The number of ether oxygens (including phenoxy) is 1. The van der Waals surface area contributed by atoms with Crippen molar-refractivity contribution < 1.29 is 14.3 Å². The van der Waals surface area contributed by atoms with Crippen molar-refractivity contribution in [3.8, 4) is 0 Å². The molecular formula is C13H26N2O3. The monoisotopic (exact) mass is 258 g/mol. The molecular weight excluding hydrogens is 232 g/mol. The predicted octanol–water partition coefficient (Wildman–Crippen LogP) is 1.13. The summed E-state index contributed by atoms with van der Waals surface area (Å²) in [5.74, 6) is -0.161. The van der Waals surface area contributed by atoms with Crippen molar-refractivity contribution in [1.29, 1.82) is 0 Å². The van der Waals surface area contributed by atoms with Gasteiger partial charge in [-0.1, -0.05) is 0 Å². The van der Waals surface area contributed by atoms with Gasteiger partial charge in [0.05, 0.1) is 20.1 Å². The average Bonchev–Trinajstić information content (AvgIpc) is 2.24. The fourth-order valence-corrected chi connectivity index (χ4v) is 1.95. The standard InChI is InChI=1S/C13H26N2O3/c1-10(2)15(11(3)4)12(16)9-14(5)8-7-13(17)18-6/h10-11H,7-9H2,1-6H3. The molecule has 0 rings (SSSR count). The summed E-state index contributed by atoms with van der Waals surface area (Å²) in [5, 5.41) is 0. The number of carbonyl (C=O) groups excluding carboxylic acids is 2. The lowest BCUT2D eigenvalue weighted by molar-refractivity contribution is -0.142. The number of carbonyl (C=O) groups is 2. The van der Waals surface area contributed by atoms with Crippen LogP contribution in [-0.2, 0) is 14.3 Å². The molecule has 0 spiro atoms. The summed E-state index contributed by atoms with van der Waals surface area (Å²) in [6.45, 7) is 8.88. The first-order valence-electron chi connectivity index (χ1n) is 6.36. The van der Waals surface area contributed by atoms with E-state index in [0.29, 0.717) is 19.5 Å². The van der Waals surface area contributed by atoms with Crippen molar-refractivity contribution >= 4 is 11.9 Å². The molecule has 0 saturated heterocycles. The second-order valence-electron chi connectivity index (χ2n) is 5.05. The first kappa shape index (κ1) is 16.9. The van der Waals surface area contributed by atoms with Crippen molar-refractivity contribution in [3.63, 3.8) is 0 Å². The number of rotatable bonds is 7. The highest BCUT2D eigenvalue weighted by atomic mass is 16.5. The number of hydrogen-bond acceptors (Lipinski definition) is 4. The summed E-state index contributed by atoms with van der Waals surface area (Å²) in [6, 6.07) is 0.373. The Hall–Kier alpha value is -1.10. The van der Waals surface area contributed by atoms with Crippen LogP contribution in [0.15, 0.2) is 0 Å². The molecule has 0 radical (unpaired) electrons. The summed E-state index contributed by atoms with van der Waals surface area (Å²) in [5.41, 5.74) is 0. The zero-order chi connectivity index (χ0) is 14.3. The minimum Gasteiger partial charge on any atom is -0.469 e. The Bertz CT molecular complexity index is 269. The van der Waals surface area contributed by atoms with Gasteiger partial charge in [0.1, 0.15) is 0 Å². The molecule has 1 amide bonds. The topological polar surface area (TPSA) is 49.9 Å². The van der Waals surface area contributed by atoms with Gasteiger partial charge in [-0.2, -0.15) is 0 Å². The Morgan fingerprint density at radius 3 is 2.00 bits per heavy atom. The minimum atomic E-state index is -0.251. The highest BCUT2D eigenvalue weighted by Gasteiger charge is 2.21. The van der Waals surface area contributed by atoms with Crippen LogP contribution in [0, 0.1) is 0 Å². The molecule has 5 heteroatoms. The smallest absolute Gasteiger partial charge is 0.306 e. The average molecular weight is 258 g/mol. The van der Waals surface area contributed by atoms with Crippen LogP contribution in [0.4, 0.5) is 0 Å². The fourth-order valence-electron chi connectivity index (χ4n) is 1.95. The number of likely N-dealkylation sites (N-methyl/N-ethyl adjacent to an activating group) is 1. The Morgan fingerprint density at radius 2 is 1.61 bits per heavy atom. The zero-order valence-electron chi connectivity index (χ0n) is 12.4. The molecule has 0 fully saturated rings. The predicted molar refractivity (Wildman–Crippen MR) is 71.2 cm³/mol. The maximum absolute atomic E-state index is 12.1. The highest BCUT2D eigenvalue weighted by Crippen LogP contribution is 2.06. The largest absolute Gasteiger partial charge is 0.469 e. The second-order valence-corrected chi connectivity index (χ2v) is 5.05. The Morgan fingerprint density at radius 1 is 1.11 bits per heavy atom. The van der Waals surface area contributed by atoms with Crippen LogP contribution in [-0.4, -0.2) is 61.0 Å². The van der Waals surface area contributed by atoms with Gasteiger partial charge in [0, 0.05) is 18.6 Å². The molecule has 18 heavy (non-hydrogen) atoms. The van der Waals surface area contributed by atoms with E-state index < -0.39 is 0 Å². The molecule has 106 valence electrons. The number of hydrogen-bond donors (Lipinski definition) is 0. The SMILES string of the molecule is COC(=O)CCN(C)CC(=O)N(C(C)C)C(C)C. The van der Waals surface area contributed by atoms with Gasteiger partial charge in [-0.15, -0.1) is 0 Å². The van der Waals surface area contributed by atoms with E-state index in [9.17, 15) is 9.59 Å². The Labute approximate surface area is 110 Å². The van der Waals surface area contributed by atoms with Gasteiger partial charge in [-0.25, -0.2) is 0 Å². The van der Waals surface area contributed by atoms with Gasteiger partial charge in [0.2, 0.25) is 5.91 Å². The number of methoxy groups -OCH3 is 1. The maximum atomic E-state index is 12.1. The normalized spacial score (nSPS) is 11.2. The molecule has 0 atom stereocenters. The van der Waals surface area contributed by atoms with Gasteiger partial charge >= 0.3 is 5.97 Å². The van der Waals surface area contributed by atoms with Gasteiger partial charge in [-0.05, 0) is 34.7 Å². The number of amides is 1. The fraction of sp³-hybridized carbons (Fsp3) is 0.846. The van der Waals surface area contributed by atoms with Crippen LogP contribution in [0.25, 0.3) is 0 Å². The van der Waals surface area contributed by atoms with E-state index >= 15 is 0 Å². The van der Waals surface area contributed by atoms with E-state index in [1.54, 1.807) is 0 Å². The third-order valence-corrected chi connectivity index (χ3v) is 2.73. The van der Waals surface area contributed by atoms with E-state index in [0.717, 1.165) is 0 Å². The summed E-state index contributed by atoms with van der Waals surface area (Å²) in [7, 11) is 3.20. The van der Waals surface area contributed by atoms with Gasteiger partial charge in [0.25, 0.3) is 0 Å². The van der Waals surface area contributed by atoms with E-state index in [1.165, 1.54) is 7.11 Å². The lowest BCUT2D eigenvalue weighted by Crippen LogP contribution is -2.46. The van der Waals surface area contributed by atoms with Crippen LogP contribution >= 0.6 is 0 Å². The van der Waals surface area contributed by atoms with Crippen molar-refractivity contribution in [2.45, 2.75) is 46.2 Å². The molecule has 0 aliphatic rings. The third-order valence-electron chi connectivity index (χ3n) is 2.73. The molecule has 0 bridgehead atoms. The Kier molecular flexibility index (Phi) is 7.59. The van der Waals surface area contributed by atoms with Crippen molar-refractivity contribution in [3.05, 3.63) is 0 Å². The van der Waals surface area contributed by atoms with Crippen LogP contribution in [0.2, 0.25) is 0 Å². The van der Waals surface area contributed by atoms with E-state index in [4.69, 9.17) is 0 Å². The molecule has 0 unspecified atom stereocenters. The van der Waals surface area contributed by atoms with E-state index in [-0.39, 0.29) is 24.0 Å². The Balaban J connectivity index is 4.24. The third kappa shape index (κ3) is 6.00. The molecule has 0 aliphatic carbocycles. The number of nitrogens with zero attached hydrogens (tertiary/aromatic N) is 2. The summed E-state index contributed by atoms with van der Waals surface area (Å²) < 4.78 is 4.57. The first-order valence-corrected chi connectivity index (χ1v) is 6.36. The summed E-state index contributed by atoms with van der Waals surface area (Å²) in [6.07, 6.45) is 0.309. The quantitative estimate of drug-likeness (QED) is 0.642. The molecule has 0 aromatic rings. The van der Waals surface area contributed by atoms with Gasteiger partial charge in [-0.3, -0.25) is 14.5 Å². The van der Waals surface area contributed by atoms with E-state index in [1.807, 2.05) is 44.5 Å². The molecule has 0 aliphatic heterocycles.